The predicted octanol–water partition coefficient (Wildman–Crippen LogP) is 3.55. The van der Waals surface area contributed by atoms with Crippen LogP contribution >= 0.6 is 0 Å². The number of amides is 1. The first-order valence-corrected chi connectivity index (χ1v) is 7.86. The molecule has 5 nitrogen and oxygen atoms in total. The number of aldehydes is 1. The van der Waals surface area contributed by atoms with Crippen molar-refractivity contribution in [3.63, 3.8) is 0 Å². The zero-order valence-corrected chi connectivity index (χ0v) is 14.4. The zero-order chi connectivity index (χ0) is 17.3. The quantitative estimate of drug-likeness (QED) is 0.865. The van der Waals surface area contributed by atoms with Gasteiger partial charge < -0.3 is 19.6 Å². The largest absolute Gasteiger partial charge is 0.488 e. The van der Waals surface area contributed by atoms with Gasteiger partial charge in [-0.25, -0.2) is 4.79 Å². The van der Waals surface area contributed by atoms with E-state index in [0.717, 1.165) is 29.7 Å². The Kier molecular flexibility index (Phi) is 4.68. The van der Waals surface area contributed by atoms with Crippen molar-refractivity contribution in [1.29, 1.82) is 0 Å². The highest BCUT2D eigenvalue weighted by atomic mass is 16.6. The lowest BCUT2D eigenvalue weighted by Gasteiger charge is -2.33. The van der Waals surface area contributed by atoms with Crippen LogP contribution in [0.4, 0.5) is 4.79 Å². The van der Waals surface area contributed by atoms with Crippen LogP contribution in [0.2, 0.25) is 0 Å². The molecule has 126 valence electrons. The van der Waals surface area contributed by atoms with Crippen LogP contribution in [-0.2, 0) is 16.0 Å². The Hall–Kier alpha value is -2.04. The maximum Gasteiger partial charge on any atom is 0.408 e. The van der Waals surface area contributed by atoms with E-state index >= 15 is 0 Å². The van der Waals surface area contributed by atoms with E-state index in [2.05, 4.69) is 19.2 Å². The van der Waals surface area contributed by atoms with Crippen molar-refractivity contribution >= 4 is 12.4 Å². The van der Waals surface area contributed by atoms with Crippen LogP contribution in [0.15, 0.2) is 18.2 Å². The molecular weight excluding hydrogens is 294 g/mol. The van der Waals surface area contributed by atoms with Crippen molar-refractivity contribution in [2.24, 2.45) is 0 Å². The highest BCUT2D eigenvalue weighted by Gasteiger charge is 2.27. The van der Waals surface area contributed by atoms with Gasteiger partial charge in [0, 0.05) is 0 Å². The molecule has 1 aliphatic heterocycles. The van der Waals surface area contributed by atoms with Gasteiger partial charge in [0.25, 0.3) is 0 Å². The van der Waals surface area contributed by atoms with E-state index in [1.54, 1.807) is 26.8 Å². The molecule has 1 N–H and O–H groups in total. The van der Waals surface area contributed by atoms with Crippen molar-refractivity contribution in [3.05, 3.63) is 29.3 Å². The van der Waals surface area contributed by atoms with Crippen LogP contribution in [0.3, 0.4) is 0 Å². The fraction of sp³-hybridized carbons (Fsp3) is 0.556. The number of alkyl carbamates (subject to hydrolysis) is 1. The van der Waals surface area contributed by atoms with Crippen LogP contribution in [0.25, 0.3) is 0 Å². The summed E-state index contributed by atoms with van der Waals surface area (Å²) in [5.41, 5.74) is 1.01. The first kappa shape index (κ1) is 17.3. The molecule has 5 heteroatoms. The summed E-state index contributed by atoms with van der Waals surface area (Å²) in [4.78, 5) is 23.2. The van der Waals surface area contributed by atoms with Crippen molar-refractivity contribution in [3.8, 4) is 5.75 Å². The number of hydrogen-bond acceptors (Lipinski definition) is 4. The number of hydrogen-bond donors (Lipinski definition) is 1. The number of benzene rings is 1. The van der Waals surface area contributed by atoms with Crippen LogP contribution in [0, 0.1) is 0 Å². The topological polar surface area (TPSA) is 64.6 Å². The Morgan fingerprint density at radius 2 is 2.09 bits per heavy atom. The summed E-state index contributed by atoms with van der Waals surface area (Å²) in [6, 6.07) is 4.85. The van der Waals surface area contributed by atoms with E-state index in [1.807, 2.05) is 12.1 Å². The Morgan fingerprint density at radius 3 is 2.70 bits per heavy atom. The van der Waals surface area contributed by atoms with Crippen LogP contribution in [0.5, 0.6) is 5.75 Å². The van der Waals surface area contributed by atoms with Gasteiger partial charge in [0.05, 0.1) is 0 Å². The van der Waals surface area contributed by atoms with Crippen LogP contribution < -0.4 is 10.1 Å². The van der Waals surface area contributed by atoms with Gasteiger partial charge in [-0.15, -0.1) is 0 Å². The van der Waals surface area contributed by atoms with E-state index in [4.69, 9.17) is 9.47 Å². The number of rotatable bonds is 3. The number of fused-ring (bicyclic) bond motifs is 1. The lowest BCUT2D eigenvalue weighted by molar-refractivity contribution is -0.109. The molecule has 0 aliphatic carbocycles. The summed E-state index contributed by atoms with van der Waals surface area (Å²) in [6.45, 7) is 9.45. The minimum atomic E-state index is -0.731. The highest BCUT2D eigenvalue weighted by molar-refractivity contribution is 5.74. The molecule has 0 spiro atoms. The van der Waals surface area contributed by atoms with Gasteiger partial charge in [-0.2, -0.15) is 0 Å². The molecule has 0 radical (unpaired) electrons. The molecule has 1 unspecified atom stereocenters. The molecule has 0 aromatic heterocycles. The lowest BCUT2D eigenvalue weighted by Crippen LogP contribution is -2.36. The monoisotopic (exact) mass is 319 g/mol. The number of ether oxygens (including phenoxy) is 2. The van der Waals surface area contributed by atoms with E-state index in [-0.39, 0.29) is 5.60 Å². The Labute approximate surface area is 137 Å². The predicted molar refractivity (Wildman–Crippen MR) is 87.6 cm³/mol. The fourth-order valence-corrected chi connectivity index (χ4v) is 2.50. The first-order chi connectivity index (χ1) is 10.6. The molecule has 0 saturated carbocycles. The number of nitrogens with one attached hydrogen (secondary N) is 1. The summed E-state index contributed by atoms with van der Waals surface area (Å²) >= 11 is 0. The van der Waals surface area contributed by atoms with Gasteiger partial charge in [0.2, 0.25) is 0 Å². The molecule has 1 amide bonds. The van der Waals surface area contributed by atoms with Crippen molar-refractivity contribution in [1.82, 2.24) is 5.32 Å². The SMILES string of the molecule is CC(C)(C)OC(=O)NC(C=O)c1ccc2c(c1)CCC(C)(C)O2. The summed E-state index contributed by atoms with van der Waals surface area (Å²) in [5.74, 6) is 0.840. The molecule has 23 heavy (non-hydrogen) atoms. The third kappa shape index (κ3) is 4.71. The Bertz CT molecular complexity index is 602. The Balaban J connectivity index is 2.14. The molecule has 2 rings (SSSR count). The van der Waals surface area contributed by atoms with Crippen LogP contribution in [0.1, 0.15) is 58.2 Å². The summed E-state index contributed by atoms with van der Waals surface area (Å²) in [6.07, 6.45) is 1.90. The van der Waals surface area contributed by atoms with Gasteiger partial charge in [0.15, 0.2) is 0 Å². The molecule has 1 aromatic rings. The van der Waals surface area contributed by atoms with Gasteiger partial charge in [-0.1, -0.05) is 6.07 Å². The summed E-state index contributed by atoms with van der Waals surface area (Å²) in [7, 11) is 0. The first-order valence-electron chi connectivity index (χ1n) is 7.86. The van der Waals surface area contributed by atoms with Crippen molar-refractivity contribution in [2.45, 2.75) is 64.7 Å². The average molecular weight is 319 g/mol. The van der Waals surface area contributed by atoms with Gasteiger partial charge in [0.1, 0.15) is 29.3 Å². The average Bonchev–Trinajstić information content (AvgIpc) is 2.41. The normalized spacial score (nSPS) is 17.4. The third-order valence-corrected chi connectivity index (χ3v) is 3.63. The fourth-order valence-electron chi connectivity index (χ4n) is 2.50. The number of aryl methyl sites for hydroxylation is 1. The van der Waals surface area contributed by atoms with Gasteiger partial charge >= 0.3 is 6.09 Å². The second-order valence-electron chi connectivity index (χ2n) is 7.49. The van der Waals surface area contributed by atoms with Crippen molar-refractivity contribution in [2.75, 3.05) is 0 Å². The van der Waals surface area contributed by atoms with E-state index in [0.29, 0.717) is 6.29 Å². The van der Waals surface area contributed by atoms with Gasteiger partial charge in [-0.05, 0) is 70.7 Å². The molecule has 1 aromatic carbocycles. The molecule has 0 fully saturated rings. The molecule has 1 heterocycles. The second-order valence-corrected chi connectivity index (χ2v) is 7.49. The smallest absolute Gasteiger partial charge is 0.408 e. The highest BCUT2D eigenvalue weighted by Crippen LogP contribution is 2.34. The van der Waals surface area contributed by atoms with E-state index in [9.17, 15) is 9.59 Å². The maximum absolute atomic E-state index is 11.9. The second kappa shape index (κ2) is 6.22. The zero-order valence-electron chi connectivity index (χ0n) is 14.4. The Morgan fingerprint density at radius 1 is 1.39 bits per heavy atom. The number of carbonyl (C=O) groups excluding carboxylic acids is 2. The lowest BCUT2D eigenvalue weighted by atomic mass is 9.92. The summed E-state index contributed by atoms with van der Waals surface area (Å²) < 4.78 is 11.1. The van der Waals surface area contributed by atoms with E-state index in [1.165, 1.54) is 0 Å². The number of carbonyl (C=O) groups is 2. The third-order valence-electron chi connectivity index (χ3n) is 3.63. The maximum atomic E-state index is 11.9. The molecule has 0 saturated heterocycles. The van der Waals surface area contributed by atoms with Crippen molar-refractivity contribution < 1.29 is 19.1 Å². The molecule has 1 aliphatic rings. The van der Waals surface area contributed by atoms with Crippen LogP contribution in [-0.4, -0.2) is 23.6 Å². The molecule has 1 atom stereocenters. The minimum absolute atomic E-state index is 0.173. The van der Waals surface area contributed by atoms with Gasteiger partial charge in [-0.3, -0.25) is 0 Å². The minimum Gasteiger partial charge on any atom is -0.488 e. The molecule has 0 bridgehead atoms. The standard InChI is InChI=1S/C18H25NO4/c1-17(2,3)23-16(21)19-14(11-20)12-6-7-15-13(10-12)8-9-18(4,5)22-15/h6-7,10-11,14H,8-9H2,1-5H3,(H,19,21). The summed E-state index contributed by atoms with van der Waals surface area (Å²) in [5, 5.41) is 2.59. The van der Waals surface area contributed by atoms with E-state index < -0.39 is 17.7 Å². The molecular formula is C18H25NO4.